The predicted molar refractivity (Wildman–Crippen MR) is 121 cm³/mol. The Hall–Kier alpha value is -2.06. The first-order valence-electron chi connectivity index (χ1n) is 11.6. The average Bonchev–Trinajstić information content (AvgIpc) is 3.21. The number of likely N-dealkylation sites (tertiary alicyclic amines) is 1. The number of carbonyl (C=O) groups excluding carboxylic acids is 2. The zero-order chi connectivity index (χ0) is 22.4. The molecule has 3 rings (SSSR count). The summed E-state index contributed by atoms with van der Waals surface area (Å²) in [5.74, 6) is -0.0158. The molecule has 8 heteroatoms. The lowest BCUT2D eigenvalue weighted by Gasteiger charge is -2.34. The highest BCUT2D eigenvalue weighted by Crippen LogP contribution is 2.25. The third kappa shape index (κ3) is 6.97. The molecule has 0 aliphatic carbocycles. The maximum atomic E-state index is 12.8. The summed E-state index contributed by atoms with van der Waals surface area (Å²) in [5, 5.41) is 3.08. The van der Waals surface area contributed by atoms with Crippen LogP contribution < -0.4 is 5.32 Å². The first kappa shape index (κ1) is 23.6. The third-order valence-corrected chi connectivity index (χ3v) is 6.05. The molecule has 1 aromatic rings. The predicted octanol–water partition coefficient (Wildman–Crippen LogP) is 2.43. The maximum Gasteiger partial charge on any atom is 0.410 e. The molecule has 0 atom stereocenters. The number of nitrogens with one attached hydrogen (secondary N) is 1. The van der Waals surface area contributed by atoms with E-state index >= 15 is 0 Å². The topological polar surface area (TPSA) is 70.0 Å². The van der Waals surface area contributed by atoms with Crippen molar-refractivity contribution in [1.29, 1.82) is 0 Å². The summed E-state index contributed by atoms with van der Waals surface area (Å²) in [4.78, 5) is 31.6. The molecule has 1 aromatic heterocycles. The summed E-state index contributed by atoms with van der Waals surface area (Å²) in [6.45, 7) is 13.1. The fourth-order valence-electron chi connectivity index (χ4n) is 4.22. The molecular weight excluding hydrogens is 394 g/mol. The summed E-state index contributed by atoms with van der Waals surface area (Å²) in [6.07, 6.45) is 4.32. The Morgan fingerprint density at radius 2 is 1.77 bits per heavy atom. The summed E-state index contributed by atoms with van der Waals surface area (Å²) in [7, 11) is 2.16. The van der Waals surface area contributed by atoms with Crippen LogP contribution >= 0.6 is 0 Å². The smallest absolute Gasteiger partial charge is 0.410 e. The molecular formula is C23H39N5O3. The van der Waals surface area contributed by atoms with Gasteiger partial charge in [0, 0.05) is 58.1 Å². The second-order valence-electron chi connectivity index (χ2n) is 9.75. The maximum absolute atomic E-state index is 12.8. The SMILES string of the molecule is CN1CCN(CCCNC(=O)c2cccn2C2CCN(C(=O)OC(C)(C)C)CC2)CC1. The number of amides is 2. The lowest BCUT2D eigenvalue weighted by molar-refractivity contribution is 0.0187. The van der Waals surface area contributed by atoms with E-state index in [0.29, 0.717) is 25.3 Å². The number of ether oxygens (including phenoxy) is 1. The van der Waals surface area contributed by atoms with Gasteiger partial charge in [0.2, 0.25) is 0 Å². The van der Waals surface area contributed by atoms with E-state index in [1.165, 1.54) is 0 Å². The van der Waals surface area contributed by atoms with Gasteiger partial charge in [0.1, 0.15) is 11.3 Å². The minimum Gasteiger partial charge on any atom is -0.444 e. The van der Waals surface area contributed by atoms with Gasteiger partial charge in [0.05, 0.1) is 0 Å². The molecule has 3 heterocycles. The summed E-state index contributed by atoms with van der Waals surface area (Å²) in [6, 6.07) is 4.04. The number of piperidine rings is 1. The van der Waals surface area contributed by atoms with Crippen LogP contribution in [0, 0.1) is 0 Å². The van der Waals surface area contributed by atoms with E-state index < -0.39 is 5.60 Å². The number of rotatable bonds is 6. The van der Waals surface area contributed by atoms with Crippen LogP contribution in [0.1, 0.15) is 56.6 Å². The molecule has 2 aliphatic heterocycles. The highest BCUT2D eigenvalue weighted by molar-refractivity contribution is 5.92. The van der Waals surface area contributed by atoms with Gasteiger partial charge < -0.3 is 29.3 Å². The molecule has 0 unspecified atom stereocenters. The van der Waals surface area contributed by atoms with Gasteiger partial charge in [0.25, 0.3) is 5.91 Å². The van der Waals surface area contributed by atoms with Crippen molar-refractivity contribution in [2.45, 2.75) is 51.7 Å². The van der Waals surface area contributed by atoms with Gasteiger partial charge in [0.15, 0.2) is 0 Å². The van der Waals surface area contributed by atoms with Gasteiger partial charge in [-0.15, -0.1) is 0 Å². The van der Waals surface area contributed by atoms with Crippen molar-refractivity contribution >= 4 is 12.0 Å². The third-order valence-electron chi connectivity index (χ3n) is 6.05. The molecule has 8 nitrogen and oxygen atoms in total. The van der Waals surface area contributed by atoms with E-state index in [-0.39, 0.29) is 18.0 Å². The molecule has 2 aliphatic rings. The Kier molecular flexibility index (Phi) is 8.00. The molecule has 0 radical (unpaired) electrons. The Labute approximate surface area is 186 Å². The second kappa shape index (κ2) is 10.5. The molecule has 1 N–H and O–H groups in total. The van der Waals surface area contributed by atoms with E-state index in [1.807, 2.05) is 39.1 Å². The summed E-state index contributed by atoms with van der Waals surface area (Å²) in [5.41, 5.74) is 0.222. The second-order valence-corrected chi connectivity index (χ2v) is 9.75. The van der Waals surface area contributed by atoms with Crippen LogP contribution in [0.2, 0.25) is 0 Å². The fourth-order valence-corrected chi connectivity index (χ4v) is 4.22. The summed E-state index contributed by atoms with van der Waals surface area (Å²) >= 11 is 0. The monoisotopic (exact) mass is 433 g/mol. The van der Waals surface area contributed by atoms with Gasteiger partial charge in [-0.25, -0.2) is 4.79 Å². The van der Waals surface area contributed by atoms with Crippen molar-refractivity contribution in [1.82, 2.24) is 24.6 Å². The number of hydrogen-bond acceptors (Lipinski definition) is 5. The van der Waals surface area contributed by atoms with E-state index in [4.69, 9.17) is 4.74 Å². The van der Waals surface area contributed by atoms with Crippen molar-refractivity contribution in [2.75, 3.05) is 59.4 Å². The highest BCUT2D eigenvalue weighted by atomic mass is 16.6. The van der Waals surface area contributed by atoms with E-state index in [1.54, 1.807) is 4.90 Å². The lowest BCUT2D eigenvalue weighted by atomic mass is 10.0. The van der Waals surface area contributed by atoms with Crippen LogP contribution in [0.4, 0.5) is 4.79 Å². The minimum atomic E-state index is -0.482. The van der Waals surface area contributed by atoms with Gasteiger partial charge in [-0.05, 0) is 65.8 Å². The van der Waals surface area contributed by atoms with Crippen LogP contribution in [-0.4, -0.2) is 96.3 Å². The first-order valence-corrected chi connectivity index (χ1v) is 11.6. The number of nitrogens with zero attached hydrogens (tertiary/aromatic N) is 4. The van der Waals surface area contributed by atoms with Crippen LogP contribution in [-0.2, 0) is 4.74 Å². The van der Waals surface area contributed by atoms with Crippen molar-refractivity contribution in [3.8, 4) is 0 Å². The highest BCUT2D eigenvalue weighted by Gasteiger charge is 2.28. The number of hydrogen-bond donors (Lipinski definition) is 1. The zero-order valence-electron chi connectivity index (χ0n) is 19.6. The largest absolute Gasteiger partial charge is 0.444 e. The first-order chi connectivity index (χ1) is 14.7. The number of aromatic nitrogens is 1. The van der Waals surface area contributed by atoms with Crippen molar-refractivity contribution in [3.05, 3.63) is 24.0 Å². The molecule has 2 fully saturated rings. The molecule has 174 valence electrons. The van der Waals surface area contributed by atoms with Crippen LogP contribution in [0.5, 0.6) is 0 Å². The van der Waals surface area contributed by atoms with Crippen molar-refractivity contribution < 1.29 is 14.3 Å². The van der Waals surface area contributed by atoms with Crippen LogP contribution in [0.25, 0.3) is 0 Å². The number of likely N-dealkylation sites (N-methyl/N-ethyl adjacent to an activating group) is 1. The fraction of sp³-hybridized carbons (Fsp3) is 0.739. The number of piperazine rings is 1. The van der Waals surface area contributed by atoms with Gasteiger partial charge in [-0.1, -0.05) is 0 Å². The van der Waals surface area contributed by atoms with E-state index in [9.17, 15) is 9.59 Å². The average molecular weight is 434 g/mol. The zero-order valence-corrected chi connectivity index (χ0v) is 19.6. The molecule has 0 saturated carbocycles. The van der Waals surface area contributed by atoms with Crippen LogP contribution in [0.15, 0.2) is 18.3 Å². The van der Waals surface area contributed by atoms with Gasteiger partial charge in [-0.3, -0.25) is 4.79 Å². The molecule has 0 aromatic carbocycles. The molecule has 0 bridgehead atoms. The van der Waals surface area contributed by atoms with Gasteiger partial charge >= 0.3 is 6.09 Å². The Balaban J connectivity index is 1.43. The minimum absolute atomic E-state index is 0.0158. The lowest BCUT2D eigenvalue weighted by Crippen LogP contribution is -2.45. The standard InChI is InChI=1S/C23H39N5O3/c1-23(2,3)31-22(30)27-13-8-19(9-14-27)28-12-5-7-20(28)21(29)24-10-6-11-26-17-15-25(4)16-18-26/h5,7,12,19H,6,8-11,13-18H2,1-4H3,(H,24,29). The van der Waals surface area contributed by atoms with E-state index in [2.05, 4.69) is 26.7 Å². The quantitative estimate of drug-likeness (QED) is 0.698. The van der Waals surface area contributed by atoms with Crippen LogP contribution in [0.3, 0.4) is 0 Å². The number of carbonyl (C=O) groups is 2. The Morgan fingerprint density at radius 1 is 1.10 bits per heavy atom. The van der Waals surface area contributed by atoms with E-state index in [0.717, 1.165) is 52.0 Å². The van der Waals surface area contributed by atoms with Crippen molar-refractivity contribution in [2.24, 2.45) is 0 Å². The normalized spacial score (nSPS) is 19.4. The van der Waals surface area contributed by atoms with Gasteiger partial charge in [-0.2, -0.15) is 0 Å². The summed E-state index contributed by atoms with van der Waals surface area (Å²) < 4.78 is 7.55. The molecule has 2 saturated heterocycles. The molecule has 2 amide bonds. The Bertz CT molecular complexity index is 726. The Morgan fingerprint density at radius 3 is 2.42 bits per heavy atom. The molecule has 31 heavy (non-hydrogen) atoms. The molecule has 0 spiro atoms. The van der Waals surface area contributed by atoms with Crippen molar-refractivity contribution in [3.63, 3.8) is 0 Å².